The van der Waals surface area contributed by atoms with E-state index in [1.165, 1.54) is 11.8 Å². The van der Waals surface area contributed by atoms with Gasteiger partial charge in [-0.2, -0.15) is 0 Å². The number of hydrogen-bond acceptors (Lipinski definition) is 7. The normalized spacial score (nSPS) is 19.2. The van der Waals surface area contributed by atoms with Gasteiger partial charge in [-0.15, -0.1) is 11.8 Å². The first-order valence-electron chi connectivity index (χ1n) is 10.2. The minimum atomic E-state index is -1.24. The first-order valence-corrected chi connectivity index (χ1v) is 11.2. The summed E-state index contributed by atoms with van der Waals surface area (Å²) in [4.78, 5) is 55.9. The number of rotatable bonds is 9. The Balaban J connectivity index is 1.59. The lowest BCUT2D eigenvalue weighted by atomic mass is 10.1. The molecule has 0 radical (unpaired) electrons. The van der Waals surface area contributed by atoms with Gasteiger partial charge in [-0.3, -0.25) is 19.3 Å². The van der Waals surface area contributed by atoms with Gasteiger partial charge in [0.05, 0.1) is 21.5 Å². The molecule has 0 bridgehead atoms. The summed E-state index contributed by atoms with van der Waals surface area (Å²) in [5.41, 5.74) is 1.41. The average molecular weight is 463 g/mol. The Kier molecular flexibility index (Phi) is 7.52. The predicted octanol–water partition coefficient (Wildman–Crippen LogP) is 1.32. The molecule has 2 aromatic rings. The van der Waals surface area contributed by atoms with Crippen molar-refractivity contribution in [3.63, 3.8) is 0 Å². The van der Waals surface area contributed by atoms with Crippen molar-refractivity contribution in [2.75, 3.05) is 7.05 Å². The van der Waals surface area contributed by atoms with E-state index in [1.807, 2.05) is 25.2 Å². The second-order valence-electron chi connectivity index (χ2n) is 7.91. The zero-order valence-corrected chi connectivity index (χ0v) is 18.6. The Labute approximate surface area is 188 Å². The lowest BCUT2D eigenvalue weighted by Crippen LogP contribution is -2.44. The lowest BCUT2D eigenvalue weighted by Gasteiger charge is -2.24. The highest BCUT2D eigenvalue weighted by Crippen LogP contribution is 2.36. The molecule has 11 heteroatoms. The van der Waals surface area contributed by atoms with Crippen LogP contribution in [-0.2, 0) is 20.9 Å². The van der Waals surface area contributed by atoms with E-state index in [0.717, 1.165) is 12.0 Å². The molecular formula is C21H26N4O6S. The van der Waals surface area contributed by atoms with Gasteiger partial charge in [0.1, 0.15) is 11.9 Å². The van der Waals surface area contributed by atoms with Gasteiger partial charge in [-0.25, -0.2) is 9.78 Å². The number of hydrogen-bond donors (Lipinski definition) is 4. The molecular weight excluding hydrogens is 436 g/mol. The van der Waals surface area contributed by atoms with E-state index in [2.05, 4.69) is 20.2 Å². The molecule has 1 aliphatic heterocycles. The third-order valence-corrected chi connectivity index (χ3v) is 7.05. The molecule has 10 nitrogen and oxygen atoms in total. The number of amides is 1. The Bertz CT molecular complexity index is 1090. The van der Waals surface area contributed by atoms with Crippen molar-refractivity contribution >= 4 is 40.5 Å². The van der Waals surface area contributed by atoms with Crippen LogP contribution in [0.2, 0.25) is 0 Å². The van der Waals surface area contributed by atoms with Crippen LogP contribution in [0.1, 0.15) is 37.1 Å². The van der Waals surface area contributed by atoms with Gasteiger partial charge < -0.3 is 20.5 Å². The third kappa shape index (κ3) is 5.86. The number of nitrogens with one attached hydrogen (secondary N) is 2. The van der Waals surface area contributed by atoms with Crippen LogP contribution in [0, 0.1) is 6.92 Å². The number of thioether (sulfide) groups is 1. The number of carbonyl (C=O) groups excluding carboxylic acids is 1. The molecule has 0 aliphatic carbocycles. The molecule has 1 aliphatic rings. The fraction of sp³-hybridized carbons (Fsp3) is 0.476. The van der Waals surface area contributed by atoms with Crippen molar-refractivity contribution < 1.29 is 24.6 Å². The highest BCUT2D eigenvalue weighted by molar-refractivity contribution is 8.01. The summed E-state index contributed by atoms with van der Waals surface area (Å²) >= 11 is 1.46. The minimum absolute atomic E-state index is 0.0539. The van der Waals surface area contributed by atoms with Gasteiger partial charge in [0.25, 0.3) is 5.56 Å². The van der Waals surface area contributed by atoms with E-state index in [4.69, 9.17) is 5.11 Å². The zero-order chi connectivity index (χ0) is 23.4. The number of carboxylic acids is 2. The van der Waals surface area contributed by atoms with Gasteiger partial charge in [0.2, 0.25) is 5.91 Å². The van der Waals surface area contributed by atoms with Crippen molar-refractivity contribution in [3.8, 4) is 0 Å². The fourth-order valence-electron chi connectivity index (χ4n) is 3.72. The summed E-state index contributed by atoms with van der Waals surface area (Å²) in [5.74, 6) is -2.18. The van der Waals surface area contributed by atoms with Crippen molar-refractivity contribution in [3.05, 3.63) is 39.9 Å². The Hall–Kier alpha value is -2.92. The van der Waals surface area contributed by atoms with Crippen molar-refractivity contribution in [2.45, 2.75) is 55.8 Å². The van der Waals surface area contributed by atoms with E-state index < -0.39 is 23.2 Å². The number of nitrogens with zero attached hydrogens (tertiary/aromatic N) is 2. The van der Waals surface area contributed by atoms with Crippen molar-refractivity contribution in [2.24, 2.45) is 0 Å². The smallest absolute Gasteiger partial charge is 0.326 e. The molecule has 2 heterocycles. The number of aromatic nitrogens is 2. The highest BCUT2D eigenvalue weighted by Gasteiger charge is 2.34. The second kappa shape index (κ2) is 10.1. The molecule has 3 atom stereocenters. The van der Waals surface area contributed by atoms with E-state index in [-0.39, 0.29) is 29.7 Å². The summed E-state index contributed by atoms with van der Waals surface area (Å²) in [6, 6.07) is 4.35. The third-order valence-electron chi connectivity index (χ3n) is 5.36. The van der Waals surface area contributed by atoms with Gasteiger partial charge in [-0.1, -0.05) is 6.07 Å². The molecule has 2 unspecified atom stereocenters. The summed E-state index contributed by atoms with van der Waals surface area (Å²) < 4.78 is 0. The zero-order valence-electron chi connectivity index (χ0n) is 17.8. The van der Waals surface area contributed by atoms with Crippen LogP contribution in [0.25, 0.3) is 10.9 Å². The predicted molar refractivity (Wildman–Crippen MR) is 119 cm³/mol. The number of aromatic amines is 1. The Morgan fingerprint density at radius 1 is 1.31 bits per heavy atom. The van der Waals surface area contributed by atoms with Crippen molar-refractivity contribution in [1.82, 2.24) is 20.2 Å². The maximum atomic E-state index is 12.5. The number of benzene rings is 1. The number of aliphatic carboxylic acids is 2. The van der Waals surface area contributed by atoms with Crippen LogP contribution >= 0.6 is 11.8 Å². The monoisotopic (exact) mass is 462 g/mol. The minimum Gasteiger partial charge on any atom is -0.481 e. The number of carbonyl (C=O) groups is 3. The van der Waals surface area contributed by atoms with Gasteiger partial charge in [0.15, 0.2) is 0 Å². The topological polar surface area (TPSA) is 153 Å². The summed E-state index contributed by atoms with van der Waals surface area (Å²) in [5, 5.41) is 20.6. The van der Waals surface area contributed by atoms with Crippen molar-refractivity contribution in [1.29, 1.82) is 0 Å². The van der Waals surface area contributed by atoms with Crippen LogP contribution < -0.4 is 10.9 Å². The summed E-state index contributed by atoms with van der Waals surface area (Å²) in [6.07, 6.45) is 0.856. The molecule has 1 aromatic carbocycles. The maximum Gasteiger partial charge on any atom is 0.326 e. The van der Waals surface area contributed by atoms with Gasteiger partial charge in [0, 0.05) is 13.0 Å². The maximum absolute atomic E-state index is 12.5. The molecule has 172 valence electrons. The Morgan fingerprint density at radius 3 is 2.75 bits per heavy atom. The van der Waals surface area contributed by atoms with Crippen LogP contribution in [0.5, 0.6) is 0 Å². The van der Waals surface area contributed by atoms with Crippen LogP contribution in [-0.4, -0.2) is 66.6 Å². The molecule has 0 saturated carbocycles. The molecule has 4 N–H and O–H groups in total. The first-order chi connectivity index (χ1) is 15.1. The second-order valence-corrected chi connectivity index (χ2v) is 9.29. The average Bonchev–Trinajstić information content (AvgIpc) is 3.21. The van der Waals surface area contributed by atoms with E-state index >= 15 is 0 Å². The number of fused-ring (bicyclic) bond motifs is 1. The van der Waals surface area contributed by atoms with E-state index in [9.17, 15) is 24.3 Å². The van der Waals surface area contributed by atoms with Crippen LogP contribution in [0.15, 0.2) is 23.0 Å². The molecule has 32 heavy (non-hydrogen) atoms. The largest absolute Gasteiger partial charge is 0.481 e. The van der Waals surface area contributed by atoms with E-state index in [1.54, 1.807) is 6.92 Å². The molecule has 1 amide bonds. The number of aryl methyl sites for hydroxylation is 1. The molecule has 3 rings (SSSR count). The van der Waals surface area contributed by atoms with Gasteiger partial charge in [-0.05, 0) is 50.9 Å². The summed E-state index contributed by atoms with van der Waals surface area (Å²) in [7, 11) is 1.94. The first kappa shape index (κ1) is 23.7. The quantitative estimate of drug-likeness (QED) is 0.432. The highest BCUT2D eigenvalue weighted by atomic mass is 32.2. The number of carboxylic acid groups (broad SMARTS) is 2. The van der Waals surface area contributed by atoms with Gasteiger partial charge >= 0.3 is 11.9 Å². The van der Waals surface area contributed by atoms with Crippen LogP contribution in [0.4, 0.5) is 0 Å². The molecule has 1 fully saturated rings. The van der Waals surface area contributed by atoms with Crippen LogP contribution in [0.3, 0.4) is 0 Å². The lowest BCUT2D eigenvalue weighted by molar-refractivity contribution is -0.143. The standard InChI is InChI=1S/C21H26N4O6S/c1-11-22-14-4-3-12(9-13(14)19(28)23-11)10-25(2)17-7-6-16(32-17)20(29)24-15(21(30)31)5-8-18(26)27/h3-4,9,15-17H,5-8,10H2,1-2H3,(H,24,29)(H,26,27)(H,30,31)(H,22,23,28)/t15-,16?,17?/m0/s1. The molecule has 1 aromatic heterocycles. The Morgan fingerprint density at radius 2 is 2.06 bits per heavy atom. The fourth-order valence-corrected chi connectivity index (χ4v) is 5.12. The number of H-pyrrole nitrogens is 1. The van der Waals surface area contributed by atoms with E-state index in [0.29, 0.717) is 29.7 Å². The SMILES string of the molecule is Cc1nc2ccc(CN(C)C3CCC(C(=O)N[C@@H](CCC(=O)O)C(=O)O)S3)cc2c(=O)[nH]1. The summed E-state index contributed by atoms with van der Waals surface area (Å²) in [6.45, 7) is 2.31. The molecule has 1 saturated heterocycles. The molecule has 0 spiro atoms.